The number of nitrogens with zero attached hydrogens (tertiary/aromatic N) is 3. The number of rotatable bonds is 4. The van der Waals surface area contributed by atoms with Crippen molar-refractivity contribution < 1.29 is 14.3 Å². The number of carbonyl (C=O) groups excluding carboxylic acids is 1. The highest BCUT2D eigenvalue weighted by Gasteiger charge is 2.24. The Labute approximate surface area is 157 Å². The maximum Gasteiger partial charge on any atom is 0.256 e. The summed E-state index contributed by atoms with van der Waals surface area (Å²) in [5.41, 5.74) is 2.62. The van der Waals surface area contributed by atoms with Crippen LogP contribution in [-0.4, -0.2) is 39.5 Å². The summed E-state index contributed by atoms with van der Waals surface area (Å²) in [7, 11) is 1.83. The summed E-state index contributed by atoms with van der Waals surface area (Å²) in [6.45, 7) is 4.76. The Balaban J connectivity index is 1.49. The van der Waals surface area contributed by atoms with Crippen molar-refractivity contribution in [2.45, 2.75) is 20.0 Å². The van der Waals surface area contributed by atoms with Crippen molar-refractivity contribution in [2.75, 3.05) is 13.2 Å². The molecule has 2 aromatic heterocycles. The van der Waals surface area contributed by atoms with E-state index in [4.69, 9.17) is 9.47 Å². The van der Waals surface area contributed by atoms with Gasteiger partial charge in [-0.3, -0.25) is 9.48 Å². The molecule has 1 aliphatic heterocycles. The molecule has 0 spiro atoms. The smallest absolute Gasteiger partial charge is 0.256 e. The molecule has 4 rings (SSSR count). The van der Waals surface area contributed by atoms with Gasteiger partial charge in [-0.25, -0.2) is 0 Å². The van der Waals surface area contributed by atoms with Crippen LogP contribution in [0.3, 0.4) is 0 Å². The van der Waals surface area contributed by atoms with Crippen molar-refractivity contribution in [3.63, 3.8) is 0 Å². The maximum atomic E-state index is 12.8. The second-order valence-electron chi connectivity index (χ2n) is 6.66. The van der Waals surface area contributed by atoms with Crippen LogP contribution in [0.5, 0.6) is 11.5 Å². The molecule has 3 heterocycles. The minimum atomic E-state index is -0.237. The van der Waals surface area contributed by atoms with Crippen molar-refractivity contribution in [1.29, 1.82) is 0 Å². The van der Waals surface area contributed by atoms with Gasteiger partial charge in [-0.2, -0.15) is 5.10 Å². The van der Waals surface area contributed by atoms with Crippen LogP contribution in [0.2, 0.25) is 0 Å². The Bertz CT molecular complexity index is 970. The van der Waals surface area contributed by atoms with Gasteiger partial charge >= 0.3 is 0 Å². The zero-order valence-electron chi connectivity index (χ0n) is 15.6. The molecule has 1 aliphatic rings. The molecule has 140 valence electrons. The van der Waals surface area contributed by atoms with Crippen LogP contribution in [-0.2, 0) is 7.05 Å². The molecular formula is C20H22N4O3. The number of aromatic nitrogens is 3. The number of aryl methyl sites for hydroxylation is 3. The predicted octanol–water partition coefficient (Wildman–Crippen LogP) is 2.40. The molecule has 0 radical (unpaired) electrons. The first kappa shape index (κ1) is 17.2. The summed E-state index contributed by atoms with van der Waals surface area (Å²) in [5, 5.41) is 7.22. The third-order valence-corrected chi connectivity index (χ3v) is 4.69. The lowest BCUT2D eigenvalue weighted by molar-refractivity contribution is 0.0789. The second kappa shape index (κ2) is 6.83. The molecule has 7 heteroatoms. The van der Waals surface area contributed by atoms with E-state index in [0.29, 0.717) is 24.5 Å². The zero-order valence-corrected chi connectivity index (χ0v) is 15.6. The van der Waals surface area contributed by atoms with E-state index in [-0.39, 0.29) is 12.0 Å². The Kier molecular flexibility index (Phi) is 4.35. The van der Waals surface area contributed by atoms with Gasteiger partial charge < -0.3 is 19.4 Å². The van der Waals surface area contributed by atoms with Crippen LogP contribution in [0.25, 0.3) is 5.82 Å². The number of hydrogen-bond acceptors (Lipinski definition) is 4. The minimum Gasteiger partial charge on any atom is -0.486 e. The molecule has 0 saturated heterocycles. The monoisotopic (exact) mass is 366 g/mol. The number of para-hydroxylation sites is 2. The number of hydrogen-bond donors (Lipinski definition) is 1. The molecule has 1 amide bonds. The molecule has 1 atom stereocenters. The first-order valence-corrected chi connectivity index (χ1v) is 8.88. The summed E-state index contributed by atoms with van der Waals surface area (Å²) in [6, 6.07) is 11.6. The largest absolute Gasteiger partial charge is 0.486 e. The number of ether oxygens (including phenoxy) is 2. The summed E-state index contributed by atoms with van der Waals surface area (Å²) in [4.78, 5) is 12.8. The molecule has 0 saturated carbocycles. The molecule has 0 bridgehead atoms. The average molecular weight is 366 g/mol. The van der Waals surface area contributed by atoms with E-state index in [1.807, 2.05) is 61.9 Å². The van der Waals surface area contributed by atoms with Crippen molar-refractivity contribution in [3.05, 3.63) is 59.5 Å². The van der Waals surface area contributed by atoms with Crippen LogP contribution in [0.15, 0.2) is 42.6 Å². The fourth-order valence-corrected chi connectivity index (χ4v) is 3.32. The van der Waals surface area contributed by atoms with Crippen LogP contribution in [0.1, 0.15) is 21.7 Å². The Morgan fingerprint density at radius 2 is 1.89 bits per heavy atom. The molecule has 0 fully saturated rings. The van der Waals surface area contributed by atoms with E-state index in [1.54, 1.807) is 10.9 Å². The topological polar surface area (TPSA) is 70.3 Å². The number of fused-ring (bicyclic) bond motifs is 1. The molecule has 1 aromatic carbocycles. The highest BCUT2D eigenvalue weighted by Crippen LogP contribution is 2.30. The first-order valence-electron chi connectivity index (χ1n) is 8.88. The number of nitrogens with one attached hydrogen (secondary N) is 1. The van der Waals surface area contributed by atoms with Gasteiger partial charge in [-0.15, -0.1) is 0 Å². The van der Waals surface area contributed by atoms with Crippen molar-refractivity contribution in [1.82, 2.24) is 19.7 Å². The normalized spacial score (nSPS) is 15.6. The van der Waals surface area contributed by atoms with Gasteiger partial charge in [0.25, 0.3) is 5.91 Å². The quantitative estimate of drug-likeness (QED) is 0.770. The van der Waals surface area contributed by atoms with Gasteiger partial charge in [0.15, 0.2) is 11.5 Å². The van der Waals surface area contributed by atoms with Crippen LogP contribution < -0.4 is 14.8 Å². The summed E-state index contributed by atoms with van der Waals surface area (Å²) < 4.78 is 15.3. The Hall–Kier alpha value is -3.22. The van der Waals surface area contributed by atoms with E-state index in [2.05, 4.69) is 10.4 Å². The van der Waals surface area contributed by atoms with E-state index in [9.17, 15) is 4.79 Å². The van der Waals surface area contributed by atoms with E-state index in [1.165, 1.54) is 0 Å². The molecule has 0 aliphatic carbocycles. The lowest BCUT2D eigenvalue weighted by Crippen LogP contribution is -2.40. The molecule has 27 heavy (non-hydrogen) atoms. The van der Waals surface area contributed by atoms with Crippen LogP contribution in [0.4, 0.5) is 0 Å². The van der Waals surface area contributed by atoms with Crippen LogP contribution >= 0.6 is 0 Å². The molecule has 3 aromatic rings. The highest BCUT2D eigenvalue weighted by atomic mass is 16.6. The van der Waals surface area contributed by atoms with E-state index < -0.39 is 0 Å². The van der Waals surface area contributed by atoms with E-state index >= 15 is 0 Å². The fraction of sp³-hybridized carbons (Fsp3) is 0.300. The zero-order chi connectivity index (χ0) is 19.0. The average Bonchev–Trinajstić information content (AvgIpc) is 3.21. The van der Waals surface area contributed by atoms with Gasteiger partial charge in [0.05, 0.1) is 12.7 Å². The second-order valence-corrected chi connectivity index (χ2v) is 6.66. The number of benzene rings is 1. The lowest BCUT2D eigenvalue weighted by atomic mass is 10.2. The fourth-order valence-electron chi connectivity index (χ4n) is 3.32. The predicted molar refractivity (Wildman–Crippen MR) is 101 cm³/mol. The summed E-state index contributed by atoms with van der Waals surface area (Å²) in [5.74, 6) is 1.99. The Morgan fingerprint density at radius 3 is 2.63 bits per heavy atom. The van der Waals surface area contributed by atoms with Crippen LogP contribution in [0, 0.1) is 13.8 Å². The molecular weight excluding hydrogens is 344 g/mol. The molecule has 0 unspecified atom stereocenters. The lowest BCUT2D eigenvalue weighted by Gasteiger charge is -2.26. The summed E-state index contributed by atoms with van der Waals surface area (Å²) in [6.07, 6.45) is 1.36. The number of carbonyl (C=O) groups is 1. The number of amides is 1. The highest BCUT2D eigenvalue weighted by molar-refractivity contribution is 5.97. The van der Waals surface area contributed by atoms with Gasteiger partial charge in [-0.1, -0.05) is 12.1 Å². The maximum absolute atomic E-state index is 12.8. The molecule has 7 nitrogen and oxygen atoms in total. The molecule has 1 N–H and O–H groups in total. The van der Waals surface area contributed by atoms with Crippen molar-refractivity contribution >= 4 is 5.91 Å². The third-order valence-electron chi connectivity index (χ3n) is 4.69. The first-order chi connectivity index (χ1) is 13.0. The standard InChI is InChI=1S/C20H22N4O3/c1-13-8-9-14(2)24(13)20-16(11-22-23(20)3)19(25)21-10-15-12-26-17-6-4-5-7-18(17)27-15/h4-9,11,15H,10,12H2,1-3H3,(H,21,25)/t15-/m1/s1. The van der Waals surface area contributed by atoms with Gasteiger partial charge in [-0.05, 0) is 38.1 Å². The van der Waals surface area contributed by atoms with Crippen molar-refractivity contribution in [3.8, 4) is 17.3 Å². The summed E-state index contributed by atoms with van der Waals surface area (Å²) >= 11 is 0. The SMILES string of the molecule is Cc1ccc(C)n1-c1c(C(=O)NC[C@@H]2COc3ccccc3O2)cnn1C. The van der Waals surface area contributed by atoms with E-state index in [0.717, 1.165) is 23.0 Å². The van der Waals surface area contributed by atoms with Gasteiger partial charge in [0, 0.05) is 18.4 Å². The third kappa shape index (κ3) is 3.16. The van der Waals surface area contributed by atoms with Crippen molar-refractivity contribution in [2.24, 2.45) is 7.05 Å². The Morgan fingerprint density at radius 1 is 1.19 bits per heavy atom. The van der Waals surface area contributed by atoms with Gasteiger partial charge in [0.1, 0.15) is 24.1 Å². The minimum absolute atomic E-state index is 0.187. The van der Waals surface area contributed by atoms with Gasteiger partial charge in [0.2, 0.25) is 0 Å².